The molecule has 3 amide bonds. The van der Waals surface area contributed by atoms with Crippen molar-refractivity contribution in [2.75, 3.05) is 0 Å². The zero-order valence-electron chi connectivity index (χ0n) is 14.3. The normalized spacial score (nSPS) is 24.3. The average Bonchev–Trinajstić information content (AvgIpc) is 2.89. The number of carbonyl (C=O) groups is 3. The van der Waals surface area contributed by atoms with Crippen molar-refractivity contribution in [2.24, 2.45) is 0 Å². The highest BCUT2D eigenvalue weighted by Gasteiger charge is 2.37. The quantitative estimate of drug-likeness (QED) is 0.867. The third-order valence-corrected chi connectivity index (χ3v) is 5.12. The van der Waals surface area contributed by atoms with Gasteiger partial charge in [-0.2, -0.15) is 0 Å². The highest BCUT2D eigenvalue weighted by atomic mass is 16.2. The van der Waals surface area contributed by atoms with Crippen LogP contribution < -0.4 is 5.32 Å². The van der Waals surface area contributed by atoms with Gasteiger partial charge in [-0.15, -0.1) is 0 Å². The van der Waals surface area contributed by atoms with Crippen LogP contribution in [0.4, 0.5) is 0 Å². The predicted octanol–water partition coefficient (Wildman–Crippen LogP) is 2.49. The fraction of sp³-hybridized carbons (Fsp3) is 0.526. The number of amides is 3. The Bertz CT molecular complexity index is 659. The summed E-state index contributed by atoms with van der Waals surface area (Å²) in [5, 5.41) is 3.11. The maximum absolute atomic E-state index is 12.5. The number of hydrogen-bond acceptors (Lipinski definition) is 3. The predicted molar refractivity (Wildman–Crippen MR) is 90.5 cm³/mol. The monoisotopic (exact) mass is 328 g/mol. The molecule has 3 rings (SSSR count). The van der Waals surface area contributed by atoms with Crippen molar-refractivity contribution < 1.29 is 14.4 Å². The van der Waals surface area contributed by atoms with E-state index >= 15 is 0 Å². The van der Waals surface area contributed by atoms with Crippen LogP contribution in [0, 0.1) is 13.8 Å². The van der Waals surface area contributed by atoms with Gasteiger partial charge in [0.1, 0.15) is 0 Å². The molecule has 2 fully saturated rings. The van der Waals surface area contributed by atoms with E-state index in [-0.39, 0.29) is 29.8 Å². The summed E-state index contributed by atoms with van der Waals surface area (Å²) in [6.45, 7) is 3.92. The standard InChI is InChI=1S/C19H24N2O3/c1-12-3-4-13(2)16(11-12)19(24)20-14-5-7-15(8-6-14)21-17(22)9-10-18(21)23/h3-4,11,14-15H,5-10H2,1-2H3,(H,20,24). The smallest absolute Gasteiger partial charge is 0.251 e. The Hall–Kier alpha value is -2.17. The highest BCUT2D eigenvalue weighted by Crippen LogP contribution is 2.27. The van der Waals surface area contributed by atoms with Gasteiger partial charge in [-0.05, 0) is 51.2 Å². The van der Waals surface area contributed by atoms with E-state index in [0.717, 1.165) is 42.4 Å². The molecule has 1 aromatic rings. The van der Waals surface area contributed by atoms with Gasteiger partial charge in [0.15, 0.2) is 0 Å². The van der Waals surface area contributed by atoms with Crippen molar-refractivity contribution in [2.45, 2.75) is 64.5 Å². The number of imide groups is 1. The number of benzene rings is 1. The first kappa shape index (κ1) is 16.7. The summed E-state index contributed by atoms with van der Waals surface area (Å²) in [5.74, 6) is -0.112. The molecule has 0 bridgehead atoms. The summed E-state index contributed by atoms with van der Waals surface area (Å²) in [6.07, 6.45) is 3.85. The molecule has 0 atom stereocenters. The molecule has 24 heavy (non-hydrogen) atoms. The lowest BCUT2D eigenvalue weighted by atomic mass is 9.90. The molecule has 1 aliphatic carbocycles. The lowest BCUT2D eigenvalue weighted by Crippen LogP contribution is -2.45. The van der Waals surface area contributed by atoms with E-state index in [0.29, 0.717) is 12.8 Å². The molecule has 1 aliphatic heterocycles. The Kier molecular flexibility index (Phi) is 4.69. The molecule has 1 heterocycles. The third kappa shape index (κ3) is 3.35. The number of rotatable bonds is 3. The average molecular weight is 328 g/mol. The second-order valence-corrected chi connectivity index (χ2v) is 6.95. The molecule has 2 aliphatic rings. The number of hydrogen-bond donors (Lipinski definition) is 1. The van der Waals surface area contributed by atoms with Gasteiger partial charge in [-0.25, -0.2) is 0 Å². The summed E-state index contributed by atoms with van der Waals surface area (Å²) < 4.78 is 0. The van der Waals surface area contributed by atoms with Crippen LogP contribution in [0.1, 0.15) is 60.0 Å². The number of carbonyl (C=O) groups excluding carboxylic acids is 3. The Morgan fingerprint density at radius 2 is 1.67 bits per heavy atom. The number of nitrogens with zero attached hydrogens (tertiary/aromatic N) is 1. The first-order valence-electron chi connectivity index (χ1n) is 8.68. The van der Waals surface area contributed by atoms with Crippen LogP contribution in [0.25, 0.3) is 0 Å². The summed E-state index contributed by atoms with van der Waals surface area (Å²) >= 11 is 0. The molecule has 5 nitrogen and oxygen atoms in total. The molecule has 0 spiro atoms. The minimum atomic E-state index is -0.0390. The molecule has 1 aromatic carbocycles. The van der Waals surface area contributed by atoms with Gasteiger partial charge < -0.3 is 5.32 Å². The molecule has 5 heteroatoms. The van der Waals surface area contributed by atoms with Crippen LogP contribution in [-0.4, -0.2) is 34.7 Å². The summed E-state index contributed by atoms with van der Waals surface area (Å²) in [5.41, 5.74) is 2.77. The first-order valence-corrected chi connectivity index (χ1v) is 8.68. The molecule has 128 valence electrons. The van der Waals surface area contributed by atoms with Crippen molar-refractivity contribution in [1.29, 1.82) is 0 Å². The Labute approximate surface area is 142 Å². The SMILES string of the molecule is Cc1ccc(C)c(C(=O)NC2CCC(N3C(=O)CCC3=O)CC2)c1. The van der Waals surface area contributed by atoms with Gasteiger partial charge in [-0.3, -0.25) is 19.3 Å². The van der Waals surface area contributed by atoms with Gasteiger partial charge >= 0.3 is 0 Å². The summed E-state index contributed by atoms with van der Waals surface area (Å²) in [7, 11) is 0. The summed E-state index contributed by atoms with van der Waals surface area (Å²) in [6, 6.07) is 6.01. The highest BCUT2D eigenvalue weighted by molar-refractivity contribution is 6.02. The molecule has 0 radical (unpaired) electrons. The van der Waals surface area contributed by atoms with Gasteiger partial charge in [-0.1, -0.05) is 17.7 Å². The largest absolute Gasteiger partial charge is 0.349 e. The Morgan fingerprint density at radius 1 is 1.04 bits per heavy atom. The zero-order chi connectivity index (χ0) is 17.3. The van der Waals surface area contributed by atoms with Crippen LogP contribution in [-0.2, 0) is 9.59 Å². The van der Waals surface area contributed by atoms with Crippen LogP contribution in [0.5, 0.6) is 0 Å². The van der Waals surface area contributed by atoms with Crippen LogP contribution >= 0.6 is 0 Å². The van der Waals surface area contributed by atoms with Crippen LogP contribution in [0.15, 0.2) is 18.2 Å². The zero-order valence-corrected chi connectivity index (χ0v) is 14.3. The van der Waals surface area contributed by atoms with E-state index in [9.17, 15) is 14.4 Å². The van der Waals surface area contributed by atoms with Gasteiger partial charge in [0, 0.05) is 30.5 Å². The fourth-order valence-electron chi connectivity index (χ4n) is 3.72. The van der Waals surface area contributed by atoms with Crippen molar-refractivity contribution in [3.8, 4) is 0 Å². The van der Waals surface area contributed by atoms with E-state index < -0.39 is 0 Å². The Balaban J connectivity index is 1.57. The van der Waals surface area contributed by atoms with Crippen molar-refractivity contribution in [1.82, 2.24) is 10.2 Å². The topological polar surface area (TPSA) is 66.5 Å². The maximum atomic E-state index is 12.5. The van der Waals surface area contributed by atoms with Crippen molar-refractivity contribution in [3.05, 3.63) is 34.9 Å². The number of nitrogens with one attached hydrogen (secondary N) is 1. The van der Waals surface area contributed by atoms with E-state index in [1.807, 2.05) is 32.0 Å². The van der Waals surface area contributed by atoms with E-state index in [1.54, 1.807) is 0 Å². The summed E-state index contributed by atoms with van der Waals surface area (Å²) in [4.78, 5) is 37.6. The molecular weight excluding hydrogens is 304 g/mol. The molecular formula is C19H24N2O3. The van der Waals surface area contributed by atoms with Crippen molar-refractivity contribution in [3.63, 3.8) is 0 Å². The minimum Gasteiger partial charge on any atom is -0.349 e. The number of aryl methyl sites for hydroxylation is 2. The first-order chi connectivity index (χ1) is 11.5. The molecule has 0 unspecified atom stereocenters. The fourth-order valence-corrected chi connectivity index (χ4v) is 3.72. The lowest BCUT2D eigenvalue weighted by Gasteiger charge is -2.33. The lowest BCUT2D eigenvalue weighted by molar-refractivity contribution is -0.141. The Morgan fingerprint density at radius 3 is 2.29 bits per heavy atom. The van der Waals surface area contributed by atoms with E-state index in [2.05, 4.69) is 5.32 Å². The molecule has 1 N–H and O–H groups in total. The second kappa shape index (κ2) is 6.75. The van der Waals surface area contributed by atoms with Gasteiger partial charge in [0.2, 0.25) is 11.8 Å². The van der Waals surface area contributed by atoms with Gasteiger partial charge in [0.25, 0.3) is 5.91 Å². The van der Waals surface area contributed by atoms with Crippen LogP contribution in [0.3, 0.4) is 0 Å². The van der Waals surface area contributed by atoms with Crippen LogP contribution in [0.2, 0.25) is 0 Å². The van der Waals surface area contributed by atoms with Crippen molar-refractivity contribution >= 4 is 17.7 Å². The molecule has 1 saturated carbocycles. The number of likely N-dealkylation sites (tertiary alicyclic amines) is 1. The maximum Gasteiger partial charge on any atom is 0.251 e. The third-order valence-electron chi connectivity index (χ3n) is 5.12. The molecule has 1 saturated heterocycles. The van der Waals surface area contributed by atoms with E-state index in [4.69, 9.17) is 0 Å². The second-order valence-electron chi connectivity index (χ2n) is 6.95. The van der Waals surface area contributed by atoms with Gasteiger partial charge in [0.05, 0.1) is 0 Å². The van der Waals surface area contributed by atoms with E-state index in [1.165, 1.54) is 4.90 Å². The minimum absolute atomic E-state index is 0.0151. The molecule has 0 aromatic heterocycles.